The Hall–Kier alpha value is -5.64. The largest absolute Gasteiger partial charge is 0.509 e. The van der Waals surface area contributed by atoms with E-state index in [-0.39, 0.29) is 37.3 Å². The maximum Gasteiger partial charge on any atom is 0.136 e. The molecule has 5 nitrogen and oxygen atoms in total. The zero-order chi connectivity index (χ0) is 41.3. The van der Waals surface area contributed by atoms with Crippen LogP contribution >= 0.6 is 0 Å². The quantitative estimate of drug-likeness (QED) is 0.156. The van der Waals surface area contributed by atoms with Gasteiger partial charge in [-0.2, -0.15) is 12.1 Å². The van der Waals surface area contributed by atoms with Crippen molar-refractivity contribution in [3.63, 3.8) is 0 Å². The Morgan fingerprint density at radius 3 is 2.00 bits per heavy atom. The van der Waals surface area contributed by atoms with Gasteiger partial charge in [0.2, 0.25) is 0 Å². The van der Waals surface area contributed by atoms with Crippen LogP contribution in [0.5, 0.6) is 11.5 Å². The predicted molar refractivity (Wildman–Crippen MR) is 246 cm³/mol. The number of benzene rings is 6. The van der Waals surface area contributed by atoms with Crippen molar-refractivity contribution in [2.75, 3.05) is 9.80 Å². The van der Waals surface area contributed by atoms with Crippen molar-refractivity contribution in [1.82, 2.24) is 9.55 Å². The molecule has 0 N–H and O–H groups in total. The van der Waals surface area contributed by atoms with Gasteiger partial charge in [0.05, 0.1) is 0 Å². The number of ether oxygens (including phenoxy) is 1. The van der Waals surface area contributed by atoms with Crippen LogP contribution in [0, 0.1) is 18.8 Å². The molecule has 8 aromatic rings. The first-order valence-corrected chi connectivity index (χ1v) is 20.5. The summed E-state index contributed by atoms with van der Waals surface area (Å²) in [6, 6.07) is 54.5. The number of fused-ring (bicyclic) bond motifs is 4. The van der Waals surface area contributed by atoms with Crippen LogP contribution in [0.15, 0.2) is 140 Å². The van der Waals surface area contributed by atoms with Crippen molar-refractivity contribution in [3.05, 3.63) is 175 Å². The molecule has 1 aliphatic heterocycles. The number of aromatic nitrogens is 2. The van der Waals surface area contributed by atoms with E-state index in [0.29, 0.717) is 11.5 Å². The minimum absolute atomic E-state index is 0. The van der Waals surface area contributed by atoms with Crippen molar-refractivity contribution < 1.29 is 25.8 Å². The summed E-state index contributed by atoms with van der Waals surface area (Å²) >= 11 is 0. The fourth-order valence-electron chi connectivity index (χ4n) is 8.17. The van der Waals surface area contributed by atoms with Gasteiger partial charge in [-0.25, -0.2) is 4.98 Å². The second-order valence-corrected chi connectivity index (χ2v) is 18.7. The molecular weight excluding hydrogens is 916 g/mol. The van der Waals surface area contributed by atoms with E-state index in [1.54, 1.807) is 0 Å². The van der Waals surface area contributed by atoms with Crippen LogP contribution in [0.1, 0.15) is 79.0 Å². The molecule has 0 radical (unpaired) electrons. The monoisotopic (exact) mass is 966 g/mol. The Bertz CT molecular complexity index is 2870. The third kappa shape index (κ3) is 7.65. The molecule has 6 heteroatoms. The fraction of sp³-hybridized carbons (Fsp3) is 0.222. The van der Waals surface area contributed by atoms with Crippen LogP contribution in [0.4, 0.5) is 22.7 Å². The van der Waals surface area contributed by atoms with Gasteiger partial charge >= 0.3 is 0 Å². The third-order valence-corrected chi connectivity index (χ3v) is 11.4. The summed E-state index contributed by atoms with van der Waals surface area (Å²) in [4.78, 5) is 9.41. The SMILES string of the molecule is CC(C)(C)c1cccc(N2[CH-]N(c3[c-]c(Oc4[c-]c5c(cc4)c4ccccc4n5-c4cc(-c5cc(C(C)(C)C)ccc5C(C)(C)C)ccn4)ccc3)c3ccccc32)c1.[Pt]. The molecule has 2 aromatic heterocycles. The first kappa shape index (κ1) is 41.1. The number of hydrogen-bond donors (Lipinski definition) is 0. The van der Waals surface area contributed by atoms with Gasteiger partial charge in [0.25, 0.3) is 0 Å². The second kappa shape index (κ2) is 15.4. The van der Waals surface area contributed by atoms with E-state index in [4.69, 9.17) is 9.72 Å². The van der Waals surface area contributed by atoms with Crippen molar-refractivity contribution >= 4 is 44.6 Å². The molecule has 0 spiro atoms. The number of para-hydroxylation sites is 3. The molecule has 0 bridgehead atoms. The topological polar surface area (TPSA) is 33.5 Å². The molecule has 9 rings (SSSR count). The van der Waals surface area contributed by atoms with Crippen LogP contribution in [0.3, 0.4) is 0 Å². The van der Waals surface area contributed by atoms with Gasteiger partial charge in [-0.1, -0.05) is 128 Å². The fourth-order valence-corrected chi connectivity index (χ4v) is 8.17. The summed E-state index contributed by atoms with van der Waals surface area (Å²) in [6.45, 7) is 22.6. The molecule has 306 valence electrons. The van der Waals surface area contributed by atoms with Gasteiger partial charge in [0, 0.05) is 61.3 Å². The molecule has 0 saturated heterocycles. The van der Waals surface area contributed by atoms with E-state index >= 15 is 0 Å². The maximum absolute atomic E-state index is 6.62. The Morgan fingerprint density at radius 2 is 1.25 bits per heavy atom. The summed E-state index contributed by atoms with van der Waals surface area (Å²) in [5.74, 6) is 2.04. The molecule has 3 heterocycles. The summed E-state index contributed by atoms with van der Waals surface area (Å²) in [5.41, 5.74) is 12.4. The van der Waals surface area contributed by atoms with Gasteiger partial charge in [0.15, 0.2) is 0 Å². The average Bonchev–Trinajstić information content (AvgIpc) is 3.76. The van der Waals surface area contributed by atoms with E-state index in [1.165, 1.54) is 22.3 Å². The van der Waals surface area contributed by atoms with Crippen LogP contribution < -0.4 is 14.5 Å². The van der Waals surface area contributed by atoms with Crippen LogP contribution in [0.25, 0.3) is 38.8 Å². The molecular formula is C54H51N4OPt-3. The predicted octanol–water partition coefficient (Wildman–Crippen LogP) is 14.5. The Labute approximate surface area is 369 Å². The average molecular weight is 967 g/mol. The number of rotatable bonds is 6. The smallest absolute Gasteiger partial charge is 0.136 e. The molecule has 0 aliphatic carbocycles. The third-order valence-electron chi connectivity index (χ3n) is 11.4. The first-order valence-electron chi connectivity index (χ1n) is 20.5. The molecule has 0 atom stereocenters. The Balaban J connectivity index is 0.00000499. The number of nitrogens with zero attached hydrogens (tertiary/aromatic N) is 4. The minimum atomic E-state index is -0.0377. The summed E-state index contributed by atoms with van der Waals surface area (Å²) in [7, 11) is 0. The number of hydrogen-bond acceptors (Lipinski definition) is 4. The van der Waals surface area contributed by atoms with Gasteiger partial charge in [-0.3, -0.25) is 0 Å². The molecule has 0 saturated carbocycles. The van der Waals surface area contributed by atoms with E-state index in [0.717, 1.165) is 55.9 Å². The first-order chi connectivity index (χ1) is 28.1. The van der Waals surface area contributed by atoms with Crippen LogP contribution in [0.2, 0.25) is 0 Å². The van der Waals surface area contributed by atoms with Gasteiger partial charge in [-0.05, 0) is 91.9 Å². The molecule has 0 fully saturated rings. The summed E-state index contributed by atoms with van der Waals surface area (Å²) in [6.07, 6.45) is 1.93. The van der Waals surface area contributed by atoms with Gasteiger partial charge in [-0.15, -0.1) is 48.1 Å². The van der Waals surface area contributed by atoms with Crippen molar-refractivity contribution in [2.45, 2.75) is 78.6 Å². The van der Waals surface area contributed by atoms with Gasteiger partial charge < -0.3 is 19.1 Å². The van der Waals surface area contributed by atoms with E-state index in [2.05, 4.69) is 211 Å². The normalized spacial score (nSPS) is 13.2. The molecule has 1 aliphatic rings. The van der Waals surface area contributed by atoms with Crippen molar-refractivity contribution in [1.29, 1.82) is 0 Å². The molecule has 0 amide bonds. The second-order valence-electron chi connectivity index (χ2n) is 18.7. The zero-order valence-electron chi connectivity index (χ0n) is 35.9. The van der Waals surface area contributed by atoms with Crippen LogP contribution in [-0.4, -0.2) is 9.55 Å². The Kier molecular flexibility index (Phi) is 10.6. The zero-order valence-corrected chi connectivity index (χ0v) is 38.1. The number of anilines is 4. The number of pyridine rings is 1. The van der Waals surface area contributed by atoms with Crippen molar-refractivity contribution in [3.8, 4) is 28.4 Å². The molecule has 60 heavy (non-hydrogen) atoms. The maximum atomic E-state index is 6.62. The molecule has 0 unspecified atom stereocenters. The summed E-state index contributed by atoms with van der Waals surface area (Å²) < 4.78 is 8.83. The standard InChI is InChI=1S/C54H51N4O.Pt/c1-52(2,3)37-16-14-17-39(31-37)56-35-57(49-23-13-12-22-48(49)56)40-18-15-19-41(33-40)59-42-25-26-44-43-20-10-11-21-47(43)58(50(44)34-42)51-30-36(28-29-55-51)45-32-38(53(4,5)6)24-27-46(45)54(7,8)9;/h10-32,35H,1-9H3;/q-3;. The summed E-state index contributed by atoms with van der Waals surface area (Å²) in [5, 5.41) is 2.22. The Morgan fingerprint density at radius 1 is 0.567 bits per heavy atom. The molecule has 6 aromatic carbocycles. The van der Waals surface area contributed by atoms with E-state index < -0.39 is 0 Å². The van der Waals surface area contributed by atoms with E-state index in [1.807, 2.05) is 24.4 Å². The van der Waals surface area contributed by atoms with Gasteiger partial charge in [0.1, 0.15) is 5.82 Å². The minimum Gasteiger partial charge on any atom is -0.509 e. The van der Waals surface area contributed by atoms with Crippen molar-refractivity contribution in [2.24, 2.45) is 0 Å². The van der Waals surface area contributed by atoms with Crippen LogP contribution in [-0.2, 0) is 37.3 Å². The van der Waals surface area contributed by atoms with E-state index in [9.17, 15) is 0 Å².